The van der Waals surface area contributed by atoms with E-state index in [1.807, 2.05) is 13.0 Å². The number of nitrogen functional groups attached to an aromatic ring is 1. The van der Waals surface area contributed by atoms with Crippen LogP contribution in [0.3, 0.4) is 0 Å². The van der Waals surface area contributed by atoms with Crippen LogP contribution in [0.2, 0.25) is 10.0 Å². The van der Waals surface area contributed by atoms with Crippen molar-refractivity contribution in [3.63, 3.8) is 0 Å². The standard InChI is InChI=1S/C18H18Cl2F3N3/c1-11-6-15(2-3-16(11)25-24)26-5-4-17(10-26,18(21,22)23)12-7-13(19)9-14(20)8-12/h2-3,6-9,25H,4-5,10,24H2,1H3. The fourth-order valence-corrected chi connectivity index (χ4v) is 4.02. The monoisotopic (exact) mass is 403 g/mol. The van der Waals surface area contributed by atoms with Gasteiger partial charge in [0.05, 0.1) is 5.69 Å². The molecule has 140 valence electrons. The largest absolute Gasteiger partial charge is 0.400 e. The van der Waals surface area contributed by atoms with Gasteiger partial charge in [-0.25, -0.2) is 0 Å². The number of nitrogens with two attached hydrogens (primary N) is 1. The van der Waals surface area contributed by atoms with Gasteiger partial charge in [0, 0.05) is 28.8 Å². The lowest BCUT2D eigenvalue weighted by Crippen LogP contribution is -2.44. The average Bonchev–Trinajstić information content (AvgIpc) is 3.00. The second-order valence-electron chi connectivity index (χ2n) is 6.55. The molecule has 1 unspecified atom stereocenters. The minimum Gasteiger partial charge on any atom is -0.370 e. The second-order valence-corrected chi connectivity index (χ2v) is 7.43. The zero-order valence-electron chi connectivity index (χ0n) is 14.0. The van der Waals surface area contributed by atoms with Crippen molar-refractivity contribution in [2.75, 3.05) is 23.4 Å². The van der Waals surface area contributed by atoms with Crippen LogP contribution in [-0.2, 0) is 5.41 Å². The Morgan fingerprint density at radius 3 is 2.31 bits per heavy atom. The molecule has 3 N–H and O–H groups in total. The first kappa shape index (κ1) is 19.1. The minimum atomic E-state index is -4.43. The summed E-state index contributed by atoms with van der Waals surface area (Å²) in [6, 6.07) is 9.50. The Morgan fingerprint density at radius 1 is 1.12 bits per heavy atom. The van der Waals surface area contributed by atoms with E-state index in [9.17, 15) is 13.2 Å². The Morgan fingerprint density at radius 2 is 1.77 bits per heavy atom. The third-order valence-electron chi connectivity index (χ3n) is 4.96. The van der Waals surface area contributed by atoms with E-state index in [-0.39, 0.29) is 35.1 Å². The summed E-state index contributed by atoms with van der Waals surface area (Å²) in [4.78, 5) is 1.73. The van der Waals surface area contributed by atoms with Crippen molar-refractivity contribution in [2.45, 2.75) is 24.9 Å². The van der Waals surface area contributed by atoms with E-state index in [2.05, 4.69) is 5.43 Å². The molecule has 26 heavy (non-hydrogen) atoms. The first-order valence-electron chi connectivity index (χ1n) is 8.02. The third kappa shape index (κ3) is 3.33. The summed E-state index contributed by atoms with van der Waals surface area (Å²) in [5.41, 5.74) is 2.97. The molecule has 0 aromatic heterocycles. The van der Waals surface area contributed by atoms with Gasteiger partial charge < -0.3 is 10.3 Å². The zero-order chi connectivity index (χ0) is 19.1. The number of alkyl halides is 3. The smallest absolute Gasteiger partial charge is 0.370 e. The quantitative estimate of drug-likeness (QED) is 0.539. The Labute approximate surface area is 159 Å². The Balaban J connectivity index is 2.00. The molecular formula is C18H18Cl2F3N3. The van der Waals surface area contributed by atoms with Crippen molar-refractivity contribution in [3.05, 3.63) is 57.6 Å². The lowest BCUT2D eigenvalue weighted by atomic mass is 9.79. The molecule has 0 amide bonds. The van der Waals surface area contributed by atoms with E-state index in [1.165, 1.54) is 18.2 Å². The molecule has 2 aromatic carbocycles. The van der Waals surface area contributed by atoms with E-state index < -0.39 is 11.6 Å². The van der Waals surface area contributed by atoms with Gasteiger partial charge in [0.2, 0.25) is 0 Å². The van der Waals surface area contributed by atoms with Crippen LogP contribution in [0.15, 0.2) is 36.4 Å². The SMILES string of the molecule is Cc1cc(N2CCC(c3cc(Cl)cc(Cl)c3)(C(F)(F)F)C2)ccc1NN. The Bertz CT molecular complexity index is 806. The van der Waals surface area contributed by atoms with E-state index in [0.29, 0.717) is 0 Å². The van der Waals surface area contributed by atoms with Crippen LogP contribution in [0, 0.1) is 6.92 Å². The lowest BCUT2D eigenvalue weighted by Gasteiger charge is -2.33. The number of hydrogen-bond donors (Lipinski definition) is 2. The zero-order valence-corrected chi connectivity index (χ0v) is 15.5. The van der Waals surface area contributed by atoms with Gasteiger partial charge in [-0.1, -0.05) is 23.2 Å². The van der Waals surface area contributed by atoms with Crippen LogP contribution >= 0.6 is 23.2 Å². The molecule has 1 aliphatic heterocycles. The maximum absolute atomic E-state index is 14.1. The molecule has 1 aliphatic rings. The van der Waals surface area contributed by atoms with E-state index >= 15 is 0 Å². The molecule has 0 saturated carbocycles. The molecule has 3 nitrogen and oxygen atoms in total. The highest BCUT2D eigenvalue weighted by molar-refractivity contribution is 6.34. The topological polar surface area (TPSA) is 41.3 Å². The highest BCUT2D eigenvalue weighted by Gasteiger charge is 2.59. The second kappa shape index (κ2) is 6.83. The summed E-state index contributed by atoms with van der Waals surface area (Å²) in [6.07, 6.45) is -4.49. The minimum absolute atomic E-state index is 0.0664. The summed E-state index contributed by atoms with van der Waals surface area (Å²) in [5, 5.41) is 0.396. The van der Waals surface area contributed by atoms with Gasteiger partial charge in [0.15, 0.2) is 0 Å². The fourth-order valence-electron chi connectivity index (χ4n) is 3.50. The lowest BCUT2D eigenvalue weighted by molar-refractivity contribution is -0.184. The molecule has 3 rings (SSSR count). The third-order valence-corrected chi connectivity index (χ3v) is 5.39. The molecule has 2 aromatic rings. The number of nitrogens with zero attached hydrogens (tertiary/aromatic N) is 1. The molecule has 1 saturated heterocycles. The first-order valence-corrected chi connectivity index (χ1v) is 8.77. The number of benzene rings is 2. The molecule has 1 fully saturated rings. The van der Waals surface area contributed by atoms with Crippen LogP contribution in [0.25, 0.3) is 0 Å². The number of halogens is 5. The number of hydrogen-bond acceptors (Lipinski definition) is 3. The van der Waals surface area contributed by atoms with E-state index in [4.69, 9.17) is 29.0 Å². The van der Waals surface area contributed by atoms with Crippen molar-refractivity contribution in [1.82, 2.24) is 0 Å². The van der Waals surface area contributed by atoms with Gasteiger partial charge in [-0.05, 0) is 60.9 Å². The van der Waals surface area contributed by atoms with Gasteiger partial charge in [-0.3, -0.25) is 5.84 Å². The predicted octanol–water partition coefficient (Wildman–Crippen LogP) is 5.30. The Hall–Kier alpha value is -1.63. The molecular weight excluding hydrogens is 386 g/mol. The summed E-state index contributed by atoms with van der Waals surface area (Å²) >= 11 is 11.9. The van der Waals surface area contributed by atoms with Crippen LogP contribution < -0.4 is 16.2 Å². The number of aryl methyl sites for hydroxylation is 1. The van der Waals surface area contributed by atoms with Crippen molar-refractivity contribution in [3.8, 4) is 0 Å². The summed E-state index contributed by atoms with van der Waals surface area (Å²) < 4.78 is 42.3. The number of rotatable bonds is 3. The number of anilines is 2. The van der Waals surface area contributed by atoms with Gasteiger partial charge in [0.1, 0.15) is 5.41 Å². The van der Waals surface area contributed by atoms with Gasteiger partial charge in [-0.15, -0.1) is 0 Å². The van der Waals surface area contributed by atoms with Crippen LogP contribution in [-0.4, -0.2) is 19.3 Å². The molecule has 0 spiro atoms. The summed E-state index contributed by atoms with van der Waals surface area (Å²) in [5.74, 6) is 5.42. The van der Waals surface area contributed by atoms with Crippen LogP contribution in [0.1, 0.15) is 17.5 Å². The Kier molecular flexibility index (Phi) is 5.03. The molecule has 1 heterocycles. The van der Waals surface area contributed by atoms with Crippen molar-refractivity contribution in [2.24, 2.45) is 5.84 Å². The molecule has 0 bridgehead atoms. The maximum Gasteiger partial charge on any atom is 0.400 e. The molecule has 0 aliphatic carbocycles. The van der Waals surface area contributed by atoms with Crippen LogP contribution in [0.5, 0.6) is 0 Å². The molecule has 0 radical (unpaired) electrons. The molecule has 8 heteroatoms. The average molecular weight is 404 g/mol. The van der Waals surface area contributed by atoms with Gasteiger partial charge >= 0.3 is 6.18 Å². The van der Waals surface area contributed by atoms with Crippen molar-refractivity contribution >= 4 is 34.6 Å². The summed E-state index contributed by atoms with van der Waals surface area (Å²) in [7, 11) is 0. The van der Waals surface area contributed by atoms with Crippen molar-refractivity contribution in [1.29, 1.82) is 0 Å². The van der Waals surface area contributed by atoms with Gasteiger partial charge in [-0.2, -0.15) is 13.2 Å². The molecule has 1 atom stereocenters. The van der Waals surface area contributed by atoms with Gasteiger partial charge in [0.25, 0.3) is 0 Å². The number of nitrogens with one attached hydrogen (secondary N) is 1. The summed E-state index contributed by atoms with van der Waals surface area (Å²) in [6.45, 7) is 1.93. The first-order chi connectivity index (χ1) is 12.2. The fraction of sp³-hybridized carbons (Fsp3) is 0.333. The van der Waals surface area contributed by atoms with E-state index in [1.54, 1.807) is 17.0 Å². The maximum atomic E-state index is 14.1. The highest BCUT2D eigenvalue weighted by atomic mass is 35.5. The highest BCUT2D eigenvalue weighted by Crippen LogP contribution is 2.49. The normalized spacial score (nSPS) is 20.5. The van der Waals surface area contributed by atoms with Crippen molar-refractivity contribution < 1.29 is 13.2 Å². The van der Waals surface area contributed by atoms with Crippen LogP contribution in [0.4, 0.5) is 24.5 Å². The predicted molar refractivity (Wildman–Crippen MR) is 100 cm³/mol. The number of hydrazine groups is 1. The van der Waals surface area contributed by atoms with E-state index in [0.717, 1.165) is 16.9 Å².